The third-order valence-corrected chi connectivity index (χ3v) is 4.61. The molecule has 0 fully saturated rings. The first-order valence-electron chi connectivity index (χ1n) is 5.66. The van der Waals surface area contributed by atoms with Crippen LogP contribution in [0.3, 0.4) is 0 Å². The smallest absolute Gasteiger partial charge is 0.417 e. The molecule has 2 aromatic carbocycles. The predicted molar refractivity (Wildman–Crippen MR) is 76.7 cm³/mol. The molecule has 1 N–H and O–H groups in total. The van der Waals surface area contributed by atoms with Crippen molar-refractivity contribution in [2.24, 2.45) is 0 Å². The van der Waals surface area contributed by atoms with Gasteiger partial charge in [-0.2, -0.15) is 13.2 Å². The number of carboxylic acids is 1. The van der Waals surface area contributed by atoms with Crippen LogP contribution in [0.4, 0.5) is 13.2 Å². The van der Waals surface area contributed by atoms with Crippen molar-refractivity contribution in [1.82, 2.24) is 0 Å². The van der Waals surface area contributed by atoms with Crippen LogP contribution in [0.15, 0.2) is 56.7 Å². The van der Waals surface area contributed by atoms with Gasteiger partial charge in [0.15, 0.2) is 0 Å². The number of hydrogen-bond acceptors (Lipinski definition) is 2. The monoisotopic (exact) mass is 376 g/mol. The Morgan fingerprint density at radius 1 is 1.14 bits per heavy atom. The number of aromatic carboxylic acids is 1. The molecule has 0 saturated carbocycles. The molecule has 2 rings (SSSR count). The first-order chi connectivity index (χ1) is 9.79. The van der Waals surface area contributed by atoms with Gasteiger partial charge >= 0.3 is 12.1 Å². The Morgan fingerprint density at radius 2 is 1.81 bits per heavy atom. The van der Waals surface area contributed by atoms with Gasteiger partial charge in [-0.25, -0.2) is 4.79 Å². The molecule has 7 heteroatoms. The minimum absolute atomic E-state index is 0.319. The second kappa shape index (κ2) is 6.11. The molecule has 2 aromatic rings. The van der Waals surface area contributed by atoms with Gasteiger partial charge in [0.2, 0.25) is 0 Å². The summed E-state index contributed by atoms with van der Waals surface area (Å²) in [7, 11) is 0. The molecule has 0 heterocycles. The standard InChI is InChI=1S/C14H8BrF3O2S/c15-11-3-1-2-4-12(11)21-8-5-6-9(13(19)20)10(7-8)14(16,17)18/h1-7H,(H,19,20). The van der Waals surface area contributed by atoms with Crippen molar-refractivity contribution >= 4 is 33.7 Å². The van der Waals surface area contributed by atoms with Crippen LogP contribution in [0.5, 0.6) is 0 Å². The van der Waals surface area contributed by atoms with Crippen molar-refractivity contribution < 1.29 is 23.1 Å². The molecule has 0 spiro atoms. The van der Waals surface area contributed by atoms with E-state index in [4.69, 9.17) is 5.11 Å². The lowest BCUT2D eigenvalue weighted by atomic mass is 10.1. The molecule has 110 valence electrons. The van der Waals surface area contributed by atoms with E-state index in [9.17, 15) is 18.0 Å². The predicted octanol–water partition coefficient (Wildman–Crippen LogP) is 5.32. The Kier molecular flexibility index (Phi) is 4.63. The van der Waals surface area contributed by atoms with E-state index in [-0.39, 0.29) is 0 Å². The molecule has 0 radical (unpaired) electrons. The molecule has 0 atom stereocenters. The van der Waals surface area contributed by atoms with Crippen molar-refractivity contribution in [3.63, 3.8) is 0 Å². The van der Waals surface area contributed by atoms with Crippen LogP contribution < -0.4 is 0 Å². The Labute approximate surface area is 131 Å². The van der Waals surface area contributed by atoms with Crippen LogP contribution in [-0.4, -0.2) is 11.1 Å². The maximum atomic E-state index is 12.9. The number of rotatable bonds is 3. The molecule has 0 saturated heterocycles. The molecule has 0 aliphatic rings. The zero-order chi connectivity index (χ0) is 15.6. The van der Waals surface area contributed by atoms with Crippen molar-refractivity contribution in [3.05, 3.63) is 58.1 Å². The summed E-state index contributed by atoms with van der Waals surface area (Å²) in [6.07, 6.45) is -4.71. The van der Waals surface area contributed by atoms with Gasteiger partial charge in [-0.05, 0) is 46.3 Å². The van der Waals surface area contributed by atoms with E-state index in [0.717, 1.165) is 33.3 Å². The lowest BCUT2D eigenvalue weighted by Gasteiger charge is -2.12. The third kappa shape index (κ3) is 3.79. The second-order valence-corrected chi connectivity index (χ2v) is 6.01. The molecule has 0 bridgehead atoms. The number of carboxylic acid groups (broad SMARTS) is 1. The van der Waals surface area contributed by atoms with Crippen LogP contribution >= 0.6 is 27.7 Å². The van der Waals surface area contributed by atoms with Gasteiger partial charge in [0.05, 0.1) is 11.1 Å². The fourth-order valence-corrected chi connectivity index (χ4v) is 3.07. The lowest BCUT2D eigenvalue weighted by Crippen LogP contribution is -2.12. The van der Waals surface area contributed by atoms with Gasteiger partial charge in [-0.1, -0.05) is 23.9 Å². The van der Waals surface area contributed by atoms with Crippen LogP contribution in [0.25, 0.3) is 0 Å². The Balaban J connectivity index is 2.43. The van der Waals surface area contributed by atoms with Gasteiger partial charge in [0, 0.05) is 14.3 Å². The minimum atomic E-state index is -4.71. The van der Waals surface area contributed by atoms with Crippen LogP contribution in [0.1, 0.15) is 15.9 Å². The zero-order valence-corrected chi connectivity index (χ0v) is 12.7. The number of alkyl halides is 3. The molecule has 0 aromatic heterocycles. The van der Waals surface area contributed by atoms with E-state index in [1.54, 1.807) is 24.3 Å². The fraction of sp³-hybridized carbons (Fsp3) is 0.0714. The van der Waals surface area contributed by atoms with Crippen LogP contribution in [0, 0.1) is 0 Å². The quantitative estimate of drug-likeness (QED) is 0.787. The van der Waals surface area contributed by atoms with Gasteiger partial charge in [0.25, 0.3) is 0 Å². The summed E-state index contributed by atoms with van der Waals surface area (Å²) < 4.78 is 39.5. The van der Waals surface area contributed by atoms with E-state index in [1.807, 2.05) is 0 Å². The maximum absolute atomic E-state index is 12.9. The SMILES string of the molecule is O=C(O)c1ccc(Sc2ccccc2Br)cc1C(F)(F)F. The summed E-state index contributed by atoms with van der Waals surface area (Å²) in [6.45, 7) is 0. The lowest BCUT2D eigenvalue weighted by molar-refractivity contribution is -0.138. The summed E-state index contributed by atoms with van der Waals surface area (Å²) in [5.41, 5.74) is -1.90. The second-order valence-electron chi connectivity index (χ2n) is 4.04. The van der Waals surface area contributed by atoms with Crippen molar-refractivity contribution in [2.75, 3.05) is 0 Å². The molecule has 21 heavy (non-hydrogen) atoms. The van der Waals surface area contributed by atoms with Crippen molar-refractivity contribution in [2.45, 2.75) is 16.0 Å². The molecule has 0 aliphatic heterocycles. The minimum Gasteiger partial charge on any atom is -0.478 e. The largest absolute Gasteiger partial charge is 0.478 e. The number of hydrogen-bond donors (Lipinski definition) is 1. The number of carbonyl (C=O) groups is 1. The summed E-state index contributed by atoms with van der Waals surface area (Å²) in [5.74, 6) is -1.60. The van der Waals surface area contributed by atoms with E-state index in [0.29, 0.717) is 4.90 Å². The normalized spacial score (nSPS) is 11.4. The maximum Gasteiger partial charge on any atom is 0.417 e. The van der Waals surface area contributed by atoms with E-state index < -0.39 is 23.3 Å². The molecule has 2 nitrogen and oxygen atoms in total. The zero-order valence-electron chi connectivity index (χ0n) is 10.3. The first kappa shape index (κ1) is 15.9. The number of halogens is 4. The van der Waals surface area contributed by atoms with E-state index >= 15 is 0 Å². The fourth-order valence-electron chi connectivity index (χ4n) is 1.66. The van der Waals surface area contributed by atoms with Crippen LogP contribution in [0.2, 0.25) is 0 Å². The Morgan fingerprint density at radius 3 is 2.38 bits per heavy atom. The molecule has 0 amide bonds. The Hall–Kier alpha value is -1.47. The van der Waals surface area contributed by atoms with Gasteiger partial charge in [0.1, 0.15) is 0 Å². The highest BCUT2D eigenvalue weighted by molar-refractivity contribution is 9.10. The average molecular weight is 377 g/mol. The highest BCUT2D eigenvalue weighted by Gasteiger charge is 2.35. The van der Waals surface area contributed by atoms with Gasteiger partial charge < -0.3 is 5.11 Å². The van der Waals surface area contributed by atoms with E-state index in [2.05, 4.69) is 15.9 Å². The van der Waals surface area contributed by atoms with Gasteiger partial charge in [-0.3, -0.25) is 0 Å². The molecule has 0 aliphatic carbocycles. The summed E-state index contributed by atoms with van der Waals surface area (Å²) in [5, 5.41) is 8.84. The summed E-state index contributed by atoms with van der Waals surface area (Å²) >= 11 is 4.44. The van der Waals surface area contributed by atoms with Crippen LogP contribution in [-0.2, 0) is 6.18 Å². The molecule has 0 unspecified atom stereocenters. The highest BCUT2D eigenvalue weighted by Crippen LogP contribution is 2.38. The number of benzene rings is 2. The molecular weight excluding hydrogens is 369 g/mol. The Bertz CT molecular complexity index is 686. The van der Waals surface area contributed by atoms with Crippen molar-refractivity contribution in [1.29, 1.82) is 0 Å². The highest BCUT2D eigenvalue weighted by atomic mass is 79.9. The third-order valence-electron chi connectivity index (χ3n) is 2.59. The summed E-state index contributed by atoms with van der Waals surface area (Å²) in [4.78, 5) is 11.9. The molecular formula is C14H8BrF3O2S. The topological polar surface area (TPSA) is 37.3 Å². The van der Waals surface area contributed by atoms with E-state index in [1.165, 1.54) is 6.07 Å². The summed E-state index contributed by atoms with van der Waals surface area (Å²) in [6, 6.07) is 10.3. The van der Waals surface area contributed by atoms with Crippen molar-refractivity contribution in [3.8, 4) is 0 Å². The first-order valence-corrected chi connectivity index (χ1v) is 7.27. The van der Waals surface area contributed by atoms with Gasteiger partial charge in [-0.15, -0.1) is 0 Å². The average Bonchev–Trinajstić information content (AvgIpc) is 2.40.